The van der Waals surface area contributed by atoms with E-state index >= 15 is 0 Å². The van der Waals surface area contributed by atoms with E-state index in [4.69, 9.17) is 0 Å². The first-order chi connectivity index (χ1) is 8.94. The summed E-state index contributed by atoms with van der Waals surface area (Å²) in [6.07, 6.45) is 2.19. The third-order valence-corrected chi connectivity index (χ3v) is 4.39. The van der Waals surface area contributed by atoms with Crippen LogP contribution in [0, 0.1) is 11.7 Å². The van der Waals surface area contributed by atoms with Gasteiger partial charge in [-0.1, -0.05) is 12.1 Å². The van der Waals surface area contributed by atoms with Crippen molar-refractivity contribution in [2.75, 3.05) is 12.3 Å². The standard InChI is InChI=1S/C13H16FNO3S/c14-12-3-1-2-11(6-12)8-19(17,18)9-13(16)15-7-10-4-5-10/h1-3,6,10H,4-5,7-9H2,(H,15,16). The lowest BCUT2D eigenvalue weighted by molar-refractivity contribution is -0.118. The van der Waals surface area contributed by atoms with Gasteiger partial charge >= 0.3 is 0 Å². The minimum Gasteiger partial charge on any atom is -0.355 e. The third-order valence-electron chi connectivity index (χ3n) is 2.91. The summed E-state index contributed by atoms with van der Waals surface area (Å²) < 4.78 is 36.5. The van der Waals surface area contributed by atoms with Gasteiger partial charge in [-0.05, 0) is 36.5 Å². The van der Waals surface area contributed by atoms with Gasteiger partial charge in [-0.25, -0.2) is 12.8 Å². The molecule has 19 heavy (non-hydrogen) atoms. The van der Waals surface area contributed by atoms with Gasteiger partial charge in [0.2, 0.25) is 5.91 Å². The maximum atomic E-state index is 12.9. The molecule has 1 N–H and O–H groups in total. The molecule has 0 radical (unpaired) electrons. The van der Waals surface area contributed by atoms with Crippen molar-refractivity contribution in [2.45, 2.75) is 18.6 Å². The number of nitrogens with one attached hydrogen (secondary N) is 1. The molecule has 0 spiro atoms. The third kappa shape index (κ3) is 4.98. The fraction of sp³-hybridized carbons (Fsp3) is 0.462. The molecule has 0 aliphatic heterocycles. The van der Waals surface area contributed by atoms with Crippen molar-refractivity contribution in [1.29, 1.82) is 0 Å². The molecule has 2 rings (SSSR count). The van der Waals surface area contributed by atoms with Crippen molar-refractivity contribution in [1.82, 2.24) is 5.32 Å². The zero-order valence-corrected chi connectivity index (χ0v) is 11.2. The van der Waals surface area contributed by atoms with Gasteiger partial charge in [-0.3, -0.25) is 4.79 Å². The van der Waals surface area contributed by atoms with Crippen LogP contribution in [-0.4, -0.2) is 26.6 Å². The van der Waals surface area contributed by atoms with Crippen LogP contribution in [-0.2, 0) is 20.4 Å². The number of amides is 1. The molecule has 1 aliphatic carbocycles. The normalized spacial score (nSPS) is 15.2. The van der Waals surface area contributed by atoms with Crippen LogP contribution in [0.2, 0.25) is 0 Å². The number of carbonyl (C=O) groups excluding carboxylic acids is 1. The highest BCUT2D eigenvalue weighted by molar-refractivity contribution is 7.91. The maximum Gasteiger partial charge on any atom is 0.235 e. The van der Waals surface area contributed by atoms with Crippen LogP contribution < -0.4 is 5.32 Å². The van der Waals surface area contributed by atoms with E-state index in [9.17, 15) is 17.6 Å². The number of carbonyl (C=O) groups is 1. The smallest absolute Gasteiger partial charge is 0.235 e. The molecule has 1 saturated carbocycles. The first kappa shape index (κ1) is 14.0. The first-order valence-electron chi connectivity index (χ1n) is 6.16. The van der Waals surface area contributed by atoms with E-state index in [0.29, 0.717) is 18.0 Å². The Hall–Kier alpha value is -1.43. The Bertz CT molecular complexity index is 567. The first-order valence-corrected chi connectivity index (χ1v) is 7.98. The molecule has 1 aromatic carbocycles. The van der Waals surface area contributed by atoms with Crippen LogP contribution >= 0.6 is 0 Å². The lowest BCUT2D eigenvalue weighted by Crippen LogP contribution is -2.32. The predicted molar refractivity (Wildman–Crippen MR) is 69.6 cm³/mol. The van der Waals surface area contributed by atoms with Gasteiger partial charge in [0.1, 0.15) is 11.6 Å². The quantitative estimate of drug-likeness (QED) is 0.856. The minimum atomic E-state index is -3.56. The van der Waals surface area contributed by atoms with Gasteiger partial charge in [-0.15, -0.1) is 0 Å². The van der Waals surface area contributed by atoms with E-state index in [1.807, 2.05) is 0 Å². The number of halogens is 1. The Morgan fingerprint density at radius 2 is 2.11 bits per heavy atom. The molecular formula is C13H16FNO3S. The van der Waals surface area contributed by atoms with Gasteiger partial charge < -0.3 is 5.32 Å². The Labute approximate surface area is 111 Å². The van der Waals surface area contributed by atoms with E-state index in [-0.39, 0.29) is 5.75 Å². The van der Waals surface area contributed by atoms with E-state index in [1.54, 1.807) is 0 Å². The van der Waals surface area contributed by atoms with Crippen molar-refractivity contribution in [2.24, 2.45) is 5.92 Å². The lowest BCUT2D eigenvalue weighted by Gasteiger charge is -2.06. The number of benzene rings is 1. The highest BCUT2D eigenvalue weighted by Gasteiger charge is 2.23. The Balaban J connectivity index is 1.88. The number of hydrogen-bond donors (Lipinski definition) is 1. The SMILES string of the molecule is O=C(CS(=O)(=O)Cc1cccc(F)c1)NCC1CC1. The van der Waals surface area contributed by atoms with Crippen LogP contribution in [0.4, 0.5) is 4.39 Å². The highest BCUT2D eigenvalue weighted by Crippen LogP contribution is 2.27. The molecule has 0 bridgehead atoms. The molecule has 0 aromatic heterocycles. The van der Waals surface area contributed by atoms with E-state index in [1.165, 1.54) is 24.3 Å². The predicted octanol–water partition coefficient (Wildman–Crippen LogP) is 1.27. The highest BCUT2D eigenvalue weighted by atomic mass is 32.2. The van der Waals surface area contributed by atoms with Crippen molar-refractivity contribution < 1.29 is 17.6 Å². The fourth-order valence-electron chi connectivity index (χ4n) is 1.76. The van der Waals surface area contributed by atoms with Gasteiger partial charge in [0.05, 0.1) is 5.75 Å². The van der Waals surface area contributed by atoms with Gasteiger partial charge in [0, 0.05) is 6.54 Å². The summed E-state index contributed by atoms with van der Waals surface area (Å²) in [4.78, 5) is 11.5. The molecule has 0 atom stereocenters. The average Bonchev–Trinajstić information content (AvgIpc) is 3.08. The molecule has 0 saturated heterocycles. The summed E-state index contributed by atoms with van der Waals surface area (Å²) in [6, 6.07) is 5.40. The zero-order chi connectivity index (χ0) is 13.9. The second-order valence-corrected chi connectivity index (χ2v) is 6.97. The summed E-state index contributed by atoms with van der Waals surface area (Å²) >= 11 is 0. The van der Waals surface area contributed by atoms with Crippen molar-refractivity contribution in [3.05, 3.63) is 35.6 Å². The molecule has 1 aromatic rings. The average molecular weight is 285 g/mol. The molecule has 0 unspecified atom stereocenters. The molecule has 6 heteroatoms. The van der Waals surface area contributed by atoms with Crippen LogP contribution in [0.15, 0.2) is 24.3 Å². The summed E-state index contributed by atoms with van der Waals surface area (Å²) in [5.74, 6) is -1.32. The van der Waals surface area contributed by atoms with Gasteiger partial charge in [0.15, 0.2) is 9.84 Å². The van der Waals surface area contributed by atoms with Crippen molar-refractivity contribution >= 4 is 15.7 Å². The molecule has 1 aliphatic rings. The molecule has 104 valence electrons. The van der Waals surface area contributed by atoms with Crippen LogP contribution in [0.5, 0.6) is 0 Å². The summed E-state index contributed by atoms with van der Waals surface area (Å²) in [6.45, 7) is 0.550. The summed E-state index contributed by atoms with van der Waals surface area (Å²) in [5, 5.41) is 2.61. The molecule has 1 fully saturated rings. The summed E-state index contributed by atoms with van der Waals surface area (Å²) in [7, 11) is -3.56. The zero-order valence-electron chi connectivity index (χ0n) is 10.4. The molecule has 1 amide bonds. The summed E-state index contributed by atoms with van der Waals surface area (Å²) in [5.41, 5.74) is 0.356. The Morgan fingerprint density at radius 3 is 2.74 bits per heavy atom. The number of rotatable bonds is 6. The maximum absolute atomic E-state index is 12.9. The van der Waals surface area contributed by atoms with E-state index in [0.717, 1.165) is 12.8 Å². The van der Waals surface area contributed by atoms with E-state index < -0.39 is 27.3 Å². The second-order valence-electron chi connectivity index (χ2n) is 4.91. The van der Waals surface area contributed by atoms with Crippen LogP contribution in [0.3, 0.4) is 0 Å². The molecule has 4 nitrogen and oxygen atoms in total. The van der Waals surface area contributed by atoms with Crippen LogP contribution in [0.25, 0.3) is 0 Å². The lowest BCUT2D eigenvalue weighted by atomic mass is 10.2. The Kier molecular flexibility index (Phi) is 4.19. The van der Waals surface area contributed by atoms with Gasteiger partial charge in [-0.2, -0.15) is 0 Å². The molecule has 0 heterocycles. The Morgan fingerprint density at radius 1 is 1.37 bits per heavy atom. The second kappa shape index (κ2) is 5.69. The topological polar surface area (TPSA) is 63.2 Å². The molecular weight excluding hydrogens is 269 g/mol. The minimum absolute atomic E-state index is 0.318. The van der Waals surface area contributed by atoms with Crippen molar-refractivity contribution in [3.8, 4) is 0 Å². The number of sulfone groups is 1. The van der Waals surface area contributed by atoms with Crippen molar-refractivity contribution in [3.63, 3.8) is 0 Å². The number of hydrogen-bond acceptors (Lipinski definition) is 3. The monoisotopic (exact) mass is 285 g/mol. The van der Waals surface area contributed by atoms with Crippen LogP contribution in [0.1, 0.15) is 18.4 Å². The fourth-order valence-corrected chi connectivity index (χ4v) is 3.05. The largest absolute Gasteiger partial charge is 0.355 e. The van der Waals surface area contributed by atoms with Gasteiger partial charge in [0.25, 0.3) is 0 Å². The van der Waals surface area contributed by atoms with E-state index in [2.05, 4.69) is 5.32 Å².